The molecule has 0 aliphatic heterocycles. The molecule has 0 bridgehead atoms. The number of nitrogen functional groups attached to an aromatic ring is 1. The van der Waals surface area contributed by atoms with E-state index in [2.05, 4.69) is 14.9 Å². The smallest absolute Gasteiger partial charge is 0.144 e. The van der Waals surface area contributed by atoms with Crippen molar-refractivity contribution in [3.8, 4) is 0 Å². The second-order valence-electron chi connectivity index (χ2n) is 4.15. The number of furan rings is 1. The van der Waals surface area contributed by atoms with Gasteiger partial charge in [-0.3, -0.25) is 4.90 Å². The predicted octanol–water partition coefficient (Wildman–Crippen LogP) is 1.59. The van der Waals surface area contributed by atoms with Gasteiger partial charge in [0.15, 0.2) is 0 Å². The Kier molecular flexibility index (Phi) is 3.39. The van der Waals surface area contributed by atoms with Crippen LogP contribution in [0.15, 0.2) is 29.1 Å². The van der Waals surface area contributed by atoms with Gasteiger partial charge in [-0.05, 0) is 20.0 Å². The molecule has 0 radical (unpaired) electrons. The maximum Gasteiger partial charge on any atom is 0.144 e. The van der Waals surface area contributed by atoms with Crippen LogP contribution in [0.3, 0.4) is 0 Å². The third-order valence-corrected chi connectivity index (χ3v) is 2.36. The van der Waals surface area contributed by atoms with Crippen LogP contribution >= 0.6 is 0 Å². The molecule has 0 unspecified atom stereocenters. The Morgan fingerprint density at radius 1 is 1.35 bits per heavy atom. The minimum atomic E-state index is 0.518. The van der Waals surface area contributed by atoms with Gasteiger partial charge < -0.3 is 10.2 Å². The van der Waals surface area contributed by atoms with Crippen molar-refractivity contribution in [3.63, 3.8) is 0 Å². The SMILES string of the molecule is Cc1cc(N)nc(CN(C)Cc2ccoc2)n1. The third kappa shape index (κ3) is 3.29. The maximum atomic E-state index is 5.69. The van der Waals surface area contributed by atoms with Crippen molar-refractivity contribution in [3.05, 3.63) is 41.7 Å². The fourth-order valence-corrected chi connectivity index (χ4v) is 1.72. The number of anilines is 1. The van der Waals surface area contributed by atoms with Gasteiger partial charge in [-0.15, -0.1) is 0 Å². The van der Waals surface area contributed by atoms with Crippen LogP contribution in [0.25, 0.3) is 0 Å². The van der Waals surface area contributed by atoms with Crippen molar-refractivity contribution in [2.24, 2.45) is 0 Å². The van der Waals surface area contributed by atoms with Gasteiger partial charge in [0.1, 0.15) is 11.6 Å². The molecule has 90 valence electrons. The Morgan fingerprint density at radius 2 is 2.18 bits per heavy atom. The van der Waals surface area contributed by atoms with Gasteiger partial charge in [-0.2, -0.15) is 0 Å². The first kappa shape index (κ1) is 11.6. The van der Waals surface area contributed by atoms with E-state index in [1.165, 1.54) is 0 Å². The minimum absolute atomic E-state index is 0.518. The molecule has 0 fully saturated rings. The highest BCUT2D eigenvalue weighted by Gasteiger charge is 2.06. The lowest BCUT2D eigenvalue weighted by atomic mass is 10.3. The summed E-state index contributed by atoms with van der Waals surface area (Å²) in [7, 11) is 2.01. The van der Waals surface area contributed by atoms with Crippen molar-refractivity contribution in [2.75, 3.05) is 12.8 Å². The average molecular weight is 232 g/mol. The number of hydrogen-bond acceptors (Lipinski definition) is 5. The molecule has 2 rings (SSSR count). The van der Waals surface area contributed by atoms with E-state index < -0.39 is 0 Å². The Bertz CT molecular complexity index is 461. The molecule has 0 aliphatic rings. The summed E-state index contributed by atoms with van der Waals surface area (Å²) in [6.07, 6.45) is 3.41. The largest absolute Gasteiger partial charge is 0.472 e. The number of rotatable bonds is 4. The molecule has 0 spiro atoms. The maximum absolute atomic E-state index is 5.69. The number of nitrogens with two attached hydrogens (primary N) is 1. The Morgan fingerprint density at radius 3 is 2.82 bits per heavy atom. The second-order valence-corrected chi connectivity index (χ2v) is 4.15. The Hall–Kier alpha value is -1.88. The van der Waals surface area contributed by atoms with Crippen molar-refractivity contribution < 1.29 is 4.42 Å². The van der Waals surface area contributed by atoms with Crippen LogP contribution in [0.5, 0.6) is 0 Å². The topological polar surface area (TPSA) is 68.2 Å². The highest BCUT2D eigenvalue weighted by molar-refractivity contribution is 5.29. The van der Waals surface area contributed by atoms with E-state index in [1.807, 2.05) is 20.0 Å². The summed E-state index contributed by atoms with van der Waals surface area (Å²) in [5.74, 6) is 1.26. The number of hydrogen-bond donors (Lipinski definition) is 1. The van der Waals surface area contributed by atoms with E-state index in [0.29, 0.717) is 12.4 Å². The van der Waals surface area contributed by atoms with Crippen LogP contribution in [0, 0.1) is 6.92 Å². The van der Waals surface area contributed by atoms with Crippen molar-refractivity contribution >= 4 is 5.82 Å². The molecule has 0 aliphatic carbocycles. The fraction of sp³-hybridized carbons (Fsp3) is 0.333. The zero-order valence-corrected chi connectivity index (χ0v) is 10.1. The van der Waals surface area contributed by atoms with Gasteiger partial charge in [0.25, 0.3) is 0 Å². The normalized spacial score (nSPS) is 11.0. The van der Waals surface area contributed by atoms with Gasteiger partial charge in [-0.25, -0.2) is 9.97 Å². The molecule has 0 aromatic carbocycles. The molecule has 17 heavy (non-hydrogen) atoms. The second kappa shape index (κ2) is 4.97. The molecule has 2 aromatic heterocycles. The van der Waals surface area contributed by atoms with Crippen molar-refractivity contribution in [1.29, 1.82) is 0 Å². The summed E-state index contributed by atoms with van der Waals surface area (Å²) in [5, 5.41) is 0. The highest BCUT2D eigenvalue weighted by Crippen LogP contribution is 2.08. The van der Waals surface area contributed by atoms with Crippen molar-refractivity contribution in [1.82, 2.24) is 14.9 Å². The quantitative estimate of drug-likeness (QED) is 0.867. The molecule has 2 heterocycles. The monoisotopic (exact) mass is 232 g/mol. The molecule has 2 aromatic rings. The highest BCUT2D eigenvalue weighted by atomic mass is 16.3. The van der Waals surface area contributed by atoms with Crippen LogP contribution in [0.1, 0.15) is 17.1 Å². The summed E-state index contributed by atoms with van der Waals surface area (Å²) in [6.45, 7) is 3.38. The van der Waals surface area contributed by atoms with Crippen molar-refractivity contribution in [2.45, 2.75) is 20.0 Å². The fourth-order valence-electron chi connectivity index (χ4n) is 1.72. The summed E-state index contributed by atoms with van der Waals surface area (Å²) in [4.78, 5) is 10.7. The number of aromatic nitrogens is 2. The summed E-state index contributed by atoms with van der Waals surface area (Å²) in [6, 6.07) is 3.71. The zero-order valence-electron chi connectivity index (χ0n) is 10.1. The number of nitrogens with zero attached hydrogens (tertiary/aromatic N) is 3. The van der Waals surface area contributed by atoms with Gasteiger partial charge in [0.2, 0.25) is 0 Å². The van der Waals surface area contributed by atoms with Crippen LogP contribution in [-0.2, 0) is 13.1 Å². The molecule has 0 saturated carbocycles. The molecule has 5 nitrogen and oxygen atoms in total. The van der Waals surface area contributed by atoms with Gasteiger partial charge >= 0.3 is 0 Å². The lowest BCUT2D eigenvalue weighted by Gasteiger charge is -2.14. The molecule has 5 heteroatoms. The minimum Gasteiger partial charge on any atom is -0.472 e. The molecule has 0 saturated heterocycles. The van der Waals surface area contributed by atoms with E-state index in [-0.39, 0.29) is 0 Å². The molecule has 0 atom stereocenters. The predicted molar refractivity (Wildman–Crippen MR) is 65.1 cm³/mol. The molecule has 2 N–H and O–H groups in total. The van der Waals surface area contributed by atoms with E-state index >= 15 is 0 Å². The standard InChI is InChI=1S/C12H16N4O/c1-9-5-11(13)15-12(14-9)7-16(2)6-10-3-4-17-8-10/h3-5,8H,6-7H2,1-2H3,(H2,13,14,15). The first-order chi connectivity index (χ1) is 8.13. The molecule has 0 amide bonds. The Balaban J connectivity index is 2.00. The van der Waals surface area contributed by atoms with Crippen LogP contribution in [0.4, 0.5) is 5.82 Å². The third-order valence-electron chi connectivity index (χ3n) is 2.36. The molecular weight excluding hydrogens is 216 g/mol. The average Bonchev–Trinajstić information content (AvgIpc) is 2.67. The summed E-state index contributed by atoms with van der Waals surface area (Å²) >= 11 is 0. The van der Waals surface area contributed by atoms with Crippen LogP contribution < -0.4 is 5.73 Å². The van der Waals surface area contributed by atoms with E-state index in [1.54, 1.807) is 18.6 Å². The van der Waals surface area contributed by atoms with Gasteiger partial charge in [0, 0.05) is 23.9 Å². The van der Waals surface area contributed by atoms with Crippen LogP contribution in [0.2, 0.25) is 0 Å². The Labute approximate surface area is 100 Å². The molecular formula is C12H16N4O. The lowest BCUT2D eigenvalue weighted by molar-refractivity contribution is 0.309. The van der Waals surface area contributed by atoms with E-state index in [9.17, 15) is 0 Å². The van der Waals surface area contributed by atoms with E-state index in [4.69, 9.17) is 10.2 Å². The van der Waals surface area contributed by atoms with Gasteiger partial charge in [0.05, 0.1) is 19.1 Å². The first-order valence-corrected chi connectivity index (χ1v) is 5.43. The first-order valence-electron chi connectivity index (χ1n) is 5.43. The lowest BCUT2D eigenvalue weighted by Crippen LogP contribution is -2.19. The number of aryl methyl sites for hydroxylation is 1. The summed E-state index contributed by atoms with van der Waals surface area (Å²) in [5.41, 5.74) is 7.71. The van der Waals surface area contributed by atoms with E-state index in [0.717, 1.165) is 23.6 Å². The summed E-state index contributed by atoms with van der Waals surface area (Å²) < 4.78 is 5.03. The van der Waals surface area contributed by atoms with Gasteiger partial charge in [-0.1, -0.05) is 0 Å². The van der Waals surface area contributed by atoms with Crippen LogP contribution in [-0.4, -0.2) is 21.9 Å². The zero-order chi connectivity index (χ0) is 12.3.